The molecule has 1 N–H and O–H groups in total. The zero-order valence-corrected chi connectivity index (χ0v) is 13.2. The molecule has 114 valence electrons. The van der Waals surface area contributed by atoms with E-state index in [0.717, 1.165) is 23.7 Å². The number of imidazole rings is 1. The van der Waals surface area contributed by atoms with Gasteiger partial charge in [0.25, 0.3) is 0 Å². The molecule has 2 amide bonds. The molecule has 2 fully saturated rings. The van der Waals surface area contributed by atoms with Gasteiger partial charge in [-0.1, -0.05) is 11.8 Å². The first kappa shape index (κ1) is 14.4. The Balaban J connectivity index is 1.54. The number of carbonyl (C=O) groups excluding carboxylic acids is 2. The third kappa shape index (κ3) is 2.92. The lowest BCUT2D eigenvalue weighted by Crippen LogP contribution is -2.33. The van der Waals surface area contributed by atoms with Gasteiger partial charge in [0, 0.05) is 26.1 Å². The van der Waals surface area contributed by atoms with Crippen LogP contribution in [0.3, 0.4) is 0 Å². The third-order valence-electron chi connectivity index (χ3n) is 4.18. The minimum Gasteiger partial charge on any atom is -0.350 e. The summed E-state index contributed by atoms with van der Waals surface area (Å²) >= 11 is 1.57. The number of amides is 2. The molecule has 0 spiro atoms. The lowest BCUT2D eigenvalue weighted by molar-refractivity contribution is -0.129. The van der Waals surface area contributed by atoms with Crippen LogP contribution in [0.2, 0.25) is 0 Å². The molecule has 6 nitrogen and oxygen atoms in total. The summed E-state index contributed by atoms with van der Waals surface area (Å²) in [6, 6.07) is 0.400. The van der Waals surface area contributed by atoms with E-state index in [2.05, 4.69) is 10.3 Å². The van der Waals surface area contributed by atoms with Gasteiger partial charge in [-0.2, -0.15) is 0 Å². The second-order valence-corrected chi connectivity index (χ2v) is 6.46. The number of aromatic nitrogens is 2. The van der Waals surface area contributed by atoms with Gasteiger partial charge in [-0.3, -0.25) is 9.59 Å². The van der Waals surface area contributed by atoms with E-state index < -0.39 is 0 Å². The minimum atomic E-state index is -0.202. The lowest BCUT2D eigenvalue weighted by atomic mass is 10.1. The first-order valence-corrected chi connectivity index (χ1v) is 8.44. The summed E-state index contributed by atoms with van der Waals surface area (Å²) in [5, 5.41) is 3.86. The van der Waals surface area contributed by atoms with Crippen molar-refractivity contribution >= 4 is 23.6 Å². The van der Waals surface area contributed by atoms with E-state index in [-0.39, 0.29) is 17.7 Å². The van der Waals surface area contributed by atoms with Crippen LogP contribution >= 0.6 is 11.8 Å². The normalized spacial score (nSPS) is 21.9. The molecule has 3 rings (SSSR count). The third-order valence-corrected chi connectivity index (χ3v) is 4.93. The zero-order chi connectivity index (χ0) is 15.0. The molecule has 1 aliphatic heterocycles. The van der Waals surface area contributed by atoms with Gasteiger partial charge in [0.05, 0.1) is 24.4 Å². The zero-order valence-electron chi connectivity index (χ0n) is 12.3. The molecular weight excluding hydrogens is 288 g/mol. The summed E-state index contributed by atoms with van der Waals surface area (Å²) in [6.07, 6.45) is 6.28. The van der Waals surface area contributed by atoms with E-state index in [4.69, 9.17) is 0 Å². The number of nitrogens with one attached hydrogen (secondary N) is 1. The monoisotopic (exact) mass is 308 g/mol. The van der Waals surface area contributed by atoms with Gasteiger partial charge >= 0.3 is 0 Å². The van der Waals surface area contributed by atoms with Crippen molar-refractivity contribution in [1.82, 2.24) is 19.8 Å². The topological polar surface area (TPSA) is 67.2 Å². The van der Waals surface area contributed by atoms with Gasteiger partial charge in [0.2, 0.25) is 11.8 Å². The number of rotatable bonds is 5. The van der Waals surface area contributed by atoms with Gasteiger partial charge in [-0.05, 0) is 19.1 Å². The van der Waals surface area contributed by atoms with Crippen molar-refractivity contribution in [2.24, 2.45) is 13.0 Å². The van der Waals surface area contributed by atoms with E-state index in [1.165, 1.54) is 0 Å². The van der Waals surface area contributed by atoms with Crippen LogP contribution in [0.4, 0.5) is 0 Å². The Morgan fingerprint density at radius 3 is 2.90 bits per heavy atom. The first-order chi connectivity index (χ1) is 10.1. The van der Waals surface area contributed by atoms with Gasteiger partial charge in [-0.25, -0.2) is 4.98 Å². The largest absolute Gasteiger partial charge is 0.350 e. The maximum atomic E-state index is 12.2. The Hall–Kier alpha value is -1.50. The Labute approximate surface area is 128 Å². The molecule has 2 aliphatic rings. The summed E-state index contributed by atoms with van der Waals surface area (Å²) in [5.74, 6) is -0.104. The average Bonchev–Trinajstić information content (AvgIpc) is 3.15. The van der Waals surface area contributed by atoms with E-state index in [9.17, 15) is 9.59 Å². The summed E-state index contributed by atoms with van der Waals surface area (Å²) in [7, 11) is 1.94. The highest BCUT2D eigenvalue weighted by atomic mass is 32.2. The Morgan fingerprint density at radius 1 is 1.52 bits per heavy atom. The van der Waals surface area contributed by atoms with Gasteiger partial charge in [0.1, 0.15) is 0 Å². The minimum absolute atomic E-state index is 0.0293. The van der Waals surface area contributed by atoms with Crippen molar-refractivity contribution in [3.63, 3.8) is 0 Å². The van der Waals surface area contributed by atoms with Gasteiger partial charge < -0.3 is 14.8 Å². The number of carbonyl (C=O) groups is 2. The average molecular weight is 308 g/mol. The highest BCUT2D eigenvalue weighted by Gasteiger charge is 2.41. The number of hydrogen-bond acceptors (Lipinski definition) is 4. The molecule has 0 bridgehead atoms. The maximum absolute atomic E-state index is 12.2. The van der Waals surface area contributed by atoms with Crippen LogP contribution in [0.1, 0.15) is 25.0 Å². The molecule has 0 unspecified atom stereocenters. The van der Waals surface area contributed by atoms with Crippen molar-refractivity contribution in [1.29, 1.82) is 0 Å². The smallest absolute Gasteiger partial charge is 0.225 e. The van der Waals surface area contributed by atoms with E-state index >= 15 is 0 Å². The molecule has 0 aromatic carbocycles. The number of hydrogen-bond donors (Lipinski definition) is 1. The summed E-state index contributed by atoms with van der Waals surface area (Å²) in [4.78, 5) is 30.2. The van der Waals surface area contributed by atoms with Crippen molar-refractivity contribution < 1.29 is 9.59 Å². The Morgan fingerprint density at radius 2 is 2.29 bits per heavy atom. The summed E-state index contributed by atoms with van der Waals surface area (Å²) in [5.41, 5.74) is 0.969. The number of nitrogens with zero attached hydrogens (tertiary/aromatic N) is 3. The van der Waals surface area contributed by atoms with Crippen molar-refractivity contribution in [2.75, 3.05) is 12.8 Å². The van der Waals surface area contributed by atoms with Crippen molar-refractivity contribution in [2.45, 2.75) is 37.0 Å². The second kappa shape index (κ2) is 5.71. The highest BCUT2D eigenvalue weighted by Crippen LogP contribution is 2.32. The summed E-state index contributed by atoms with van der Waals surface area (Å²) < 4.78 is 1.97. The second-order valence-electron chi connectivity index (χ2n) is 5.69. The van der Waals surface area contributed by atoms with Crippen LogP contribution in [-0.4, -0.2) is 45.1 Å². The van der Waals surface area contributed by atoms with E-state index in [0.29, 0.717) is 25.6 Å². The van der Waals surface area contributed by atoms with Gasteiger partial charge in [0.15, 0.2) is 5.16 Å². The SMILES string of the molecule is CSc1ncc(CNC(=O)[C@@H]2CC(=O)N(C3CC3)C2)n1C. The maximum Gasteiger partial charge on any atom is 0.225 e. The lowest BCUT2D eigenvalue weighted by Gasteiger charge is -2.15. The van der Waals surface area contributed by atoms with E-state index in [1.54, 1.807) is 18.0 Å². The van der Waals surface area contributed by atoms with Crippen LogP contribution in [0.15, 0.2) is 11.4 Å². The number of likely N-dealkylation sites (tertiary alicyclic amines) is 1. The number of thioether (sulfide) groups is 1. The molecular formula is C14H20N4O2S. The van der Waals surface area contributed by atoms with Crippen LogP contribution < -0.4 is 5.32 Å². The standard InChI is InChI=1S/C14H20N4O2S/c1-17-11(7-16-14(17)21-2)6-15-13(20)9-5-12(19)18(8-9)10-3-4-10/h7,9-10H,3-6,8H2,1-2H3,(H,15,20)/t9-/m1/s1. The van der Waals surface area contributed by atoms with E-state index in [1.807, 2.05) is 22.8 Å². The molecule has 1 aromatic heterocycles. The quantitative estimate of drug-likeness (QED) is 0.816. The Bertz CT molecular complexity index is 567. The molecule has 21 heavy (non-hydrogen) atoms. The van der Waals surface area contributed by atoms with Crippen LogP contribution in [-0.2, 0) is 23.2 Å². The van der Waals surface area contributed by atoms with Crippen molar-refractivity contribution in [3.05, 3.63) is 11.9 Å². The molecule has 1 aliphatic carbocycles. The highest BCUT2D eigenvalue weighted by molar-refractivity contribution is 7.98. The molecule has 1 atom stereocenters. The molecule has 2 heterocycles. The van der Waals surface area contributed by atoms with Crippen LogP contribution in [0.5, 0.6) is 0 Å². The molecule has 1 aromatic rings. The first-order valence-electron chi connectivity index (χ1n) is 7.22. The molecule has 0 radical (unpaired) electrons. The fourth-order valence-electron chi connectivity index (χ4n) is 2.75. The van der Waals surface area contributed by atoms with Crippen LogP contribution in [0.25, 0.3) is 0 Å². The molecule has 1 saturated carbocycles. The fourth-order valence-corrected chi connectivity index (χ4v) is 3.30. The van der Waals surface area contributed by atoms with Crippen molar-refractivity contribution in [3.8, 4) is 0 Å². The van der Waals surface area contributed by atoms with Crippen LogP contribution in [0, 0.1) is 5.92 Å². The predicted octanol–water partition coefficient (Wildman–Crippen LogP) is 0.769. The fraction of sp³-hybridized carbons (Fsp3) is 0.643. The molecule has 7 heteroatoms. The van der Waals surface area contributed by atoms with Gasteiger partial charge in [-0.15, -0.1) is 0 Å². The Kier molecular flexibility index (Phi) is 3.93. The molecule has 1 saturated heterocycles. The summed E-state index contributed by atoms with van der Waals surface area (Å²) in [6.45, 7) is 1.04. The predicted molar refractivity (Wildman–Crippen MR) is 79.7 cm³/mol.